The first-order valence-corrected chi connectivity index (χ1v) is 8.83. The van der Waals surface area contributed by atoms with Crippen molar-refractivity contribution in [3.05, 3.63) is 30.4 Å². The second-order valence-electron chi connectivity index (χ2n) is 7.30. The summed E-state index contributed by atoms with van der Waals surface area (Å²) in [6.07, 6.45) is 7.13. The fourth-order valence-electron chi connectivity index (χ4n) is 4.34. The summed E-state index contributed by atoms with van der Waals surface area (Å²) in [5.41, 5.74) is -0.667. The van der Waals surface area contributed by atoms with E-state index >= 15 is 0 Å². The van der Waals surface area contributed by atoms with E-state index in [1.54, 1.807) is 30.2 Å². The molecule has 8 nitrogen and oxygen atoms in total. The molecule has 8 heteroatoms. The van der Waals surface area contributed by atoms with Crippen LogP contribution < -0.4 is 0 Å². The van der Waals surface area contributed by atoms with Crippen LogP contribution in [0.3, 0.4) is 0 Å². The monoisotopic (exact) mass is 360 g/mol. The van der Waals surface area contributed by atoms with Crippen molar-refractivity contribution in [1.29, 1.82) is 0 Å². The lowest BCUT2D eigenvalue weighted by molar-refractivity contribution is -0.143. The molecule has 26 heavy (non-hydrogen) atoms. The van der Waals surface area contributed by atoms with Crippen molar-refractivity contribution in [3.8, 4) is 0 Å². The highest BCUT2D eigenvalue weighted by Crippen LogP contribution is 2.52. The maximum absolute atomic E-state index is 13.2. The fourth-order valence-corrected chi connectivity index (χ4v) is 4.34. The number of aromatic nitrogens is 2. The number of nitrogens with zero attached hydrogens (tertiary/aromatic N) is 4. The lowest BCUT2D eigenvalue weighted by atomic mass is 9.76. The highest BCUT2D eigenvalue weighted by molar-refractivity contribution is 5.92. The largest absolute Gasteiger partial charge is 0.383 e. The zero-order valence-corrected chi connectivity index (χ0v) is 15.3. The van der Waals surface area contributed by atoms with Crippen LogP contribution in [0.5, 0.6) is 0 Å². The molecule has 1 aromatic rings. The standard InChI is InChI=1S/C18H24N4O4/c1-20-7-6-19-13(20)10-21(2)16(23)14-12-4-5-18(26-12)11-22(8-9-25-3)17(24)15(14)18/h4-7,12,14-15H,8-11H2,1-3H3/t12-,14-,15+,18-/m0/s1. The first-order chi connectivity index (χ1) is 12.5. The predicted octanol–water partition coefficient (Wildman–Crippen LogP) is -0.193. The van der Waals surface area contributed by atoms with Crippen LogP contribution in [-0.4, -0.2) is 76.7 Å². The first kappa shape index (κ1) is 17.2. The minimum absolute atomic E-state index is 0.0161. The zero-order chi connectivity index (χ0) is 18.5. The molecule has 0 radical (unpaired) electrons. The van der Waals surface area contributed by atoms with E-state index in [1.165, 1.54) is 0 Å². The number of carbonyl (C=O) groups is 2. The highest BCUT2D eigenvalue weighted by atomic mass is 16.5. The summed E-state index contributed by atoms with van der Waals surface area (Å²) in [5, 5.41) is 0. The average molecular weight is 360 g/mol. The van der Waals surface area contributed by atoms with Gasteiger partial charge >= 0.3 is 0 Å². The summed E-state index contributed by atoms with van der Waals surface area (Å²) in [6, 6.07) is 0. The van der Waals surface area contributed by atoms with Gasteiger partial charge in [0.05, 0.1) is 37.6 Å². The van der Waals surface area contributed by atoms with Crippen molar-refractivity contribution in [2.24, 2.45) is 18.9 Å². The maximum atomic E-state index is 13.2. The number of methoxy groups -OCH3 is 1. The van der Waals surface area contributed by atoms with Gasteiger partial charge in [-0.05, 0) is 0 Å². The van der Waals surface area contributed by atoms with E-state index in [0.717, 1.165) is 5.82 Å². The molecule has 4 atom stereocenters. The Labute approximate surface area is 152 Å². The molecular formula is C18H24N4O4. The molecule has 4 rings (SSSR count). The van der Waals surface area contributed by atoms with Gasteiger partial charge in [0.15, 0.2) is 0 Å². The summed E-state index contributed by atoms with van der Waals surface area (Å²) >= 11 is 0. The van der Waals surface area contributed by atoms with Crippen LogP contribution in [0.25, 0.3) is 0 Å². The summed E-state index contributed by atoms with van der Waals surface area (Å²) in [5.74, 6) is -0.223. The second-order valence-corrected chi connectivity index (χ2v) is 7.30. The predicted molar refractivity (Wildman–Crippen MR) is 91.9 cm³/mol. The minimum atomic E-state index is -0.667. The Morgan fingerprint density at radius 3 is 3.04 bits per heavy atom. The van der Waals surface area contributed by atoms with Gasteiger partial charge in [-0.15, -0.1) is 0 Å². The number of rotatable bonds is 6. The van der Waals surface area contributed by atoms with E-state index in [1.807, 2.05) is 30.0 Å². The van der Waals surface area contributed by atoms with Gasteiger partial charge in [-0.2, -0.15) is 0 Å². The number of ether oxygens (including phenoxy) is 2. The van der Waals surface area contributed by atoms with E-state index < -0.39 is 17.4 Å². The molecule has 140 valence electrons. The van der Waals surface area contributed by atoms with Gasteiger partial charge in [0.1, 0.15) is 11.4 Å². The van der Waals surface area contributed by atoms with Crippen LogP contribution in [0.2, 0.25) is 0 Å². The molecule has 4 heterocycles. The van der Waals surface area contributed by atoms with E-state index in [2.05, 4.69) is 4.98 Å². The van der Waals surface area contributed by atoms with Crippen LogP contribution >= 0.6 is 0 Å². The van der Waals surface area contributed by atoms with Crippen molar-refractivity contribution >= 4 is 11.8 Å². The van der Waals surface area contributed by atoms with Gasteiger partial charge in [-0.1, -0.05) is 12.2 Å². The first-order valence-electron chi connectivity index (χ1n) is 8.83. The molecule has 2 amide bonds. The molecule has 0 N–H and O–H groups in total. The molecule has 2 bridgehead atoms. The number of hydrogen-bond acceptors (Lipinski definition) is 5. The van der Waals surface area contributed by atoms with Crippen molar-refractivity contribution in [2.75, 3.05) is 33.9 Å². The van der Waals surface area contributed by atoms with Gasteiger partial charge in [-0.25, -0.2) is 4.98 Å². The number of aryl methyl sites for hydroxylation is 1. The molecule has 1 spiro atoms. The van der Waals surface area contributed by atoms with Crippen molar-refractivity contribution in [2.45, 2.75) is 18.2 Å². The molecule has 0 aromatic carbocycles. The minimum Gasteiger partial charge on any atom is -0.383 e. The van der Waals surface area contributed by atoms with Crippen molar-refractivity contribution in [1.82, 2.24) is 19.4 Å². The quantitative estimate of drug-likeness (QED) is 0.657. The molecule has 3 aliphatic rings. The Hall–Kier alpha value is -2.19. The number of hydrogen-bond donors (Lipinski definition) is 0. The lowest BCUT2D eigenvalue weighted by Gasteiger charge is -2.27. The zero-order valence-electron chi connectivity index (χ0n) is 15.3. The number of likely N-dealkylation sites (tertiary alicyclic amines) is 1. The molecule has 0 aliphatic carbocycles. The topological polar surface area (TPSA) is 76.9 Å². The van der Waals surface area contributed by atoms with Crippen molar-refractivity contribution < 1.29 is 19.1 Å². The summed E-state index contributed by atoms with van der Waals surface area (Å²) in [7, 11) is 5.26. The van der Waals surface area contributed by atoms with Crippen LogP contribution in [0.4, 0.5) is 0 Å². The Kier molecular flexibility index (Phi) is 4.11. The Balaban J connectivity index is 1.53. The average Bonchev–Trinajstić information content (AvgIpc) is 3.35. The smallest absolute Gasteiger partial charge is 0.230 e. The molecular weight excluding hydrogens is 336 g/mol. The maximum Gasteiger partial charge on any atom is 0.230 e. The van der Waals surface area contributed by atoms with Gasteiger partial charge in [0, 0.05) is 40.1 Å². The molecule has 3 aliphatic heterocycles. The third-order valence-electron chi connectivity index (χ3n) is 5.70. The molecule has 0 unspecified atom stereocenters. The van der Waals surface area contributed by atoms with Crippen LogP contribution in [0.1, 0.15) is 5.82 Å². The lowest BCUT2D eigenvalue weighted by Crippen LogP contribution is -2.44. The van der Waals surface area contributed by atoms with Crippen LogP contribution in [0, 0.1) is 11.8 Å². The number of fused-ring (bicyclic) bond motifs is 1. The van der Waals surface area contributed by atoms with Gasteiger partial charge in [0.2, 0.25) is 11.8 Å². The van der Waals surface area contributed by atoms with E-state index in [4.69, 9.17) is 9.47 Å². The SMILES string of the molecule is COCCN1C[C@]23C=C[C@H](O2)[C@H](C(=O)N(C)Cc2nccn2C)[C@@H]3C1=O. The van der Waals surface area contributed by atoms with Crippen LogP contribution in [-0.2, 0) is 32.7 Å². The van der Waals surface area contributed by atoms with Gasteiger partial charge in [0.25, 0.3) is 0 Å². The fraction of sp³-hybridized carbons (Fsp3) is 0.611. The van der Waals surface area contributed by atoms with E-state index in [9.17, 15) is 9.59 Å². The summed E-state index contributed by atoms with van der Waals surface area (Å²) < 4.78 is 13.1. The normalized spacial score (nSPS) is 31.7. The molecule has 2 fully saturated rings. The number of carbonyl (C=O) groups excluding carboxylic acids is 2. The van der Waals surface area contributed by atoms with Crippen molar-refractivity contribution in [3.63, 3.8) is 0 Å². The number of amides is 2. The molecule has 2 saturated heterocycles. The van der Waals surface area contributed by atoms with E-state index in [-0.39, 0.29) is 17.9 Å². The summed E-state index contributed by atoms with van der Waals surface area (Å²) in [4.78, 5) is 33.8. The summed E-state index contributed by atoms with van der Waals surface area (Å²) in [6.45, 7) is 1.87. The molecule has 0 saturated carbocycles. The Morgan fingerprint density at radius 2 is 2.35 bits per heavy atom. The van der Waals surface area contributed by atoms with E-state index in [0.29, 0.717) is 26.2 Å². The van der Waals surface area contributed by atoms with Gasteiger partial charge < -0.3 is 23.8 Å². The van der Waals surface area contributed by atoms with Crippen LogP contribution in [0.15, 0.2) is 24.5 Å². The highest BCUT2D eigenvalue weighted by Gasteiger charge is 2.66. The second kappa shape index (κ2) is 6.21. The third kappa shape index (κ3) is 2.47. The molecule has 1 aromatic heterocycles. The third-order valence-corrected chi connectivity index (χ3v) is 5.70. The Morgan fingerprint density at radius 1 is 1.54 bits per heavy atom. The number of imidazole rings is 1. The Bertz CT molecular complexity index is 760. The van der Waals surface area contributed by atoms with Gasteiger partial charge in [-0.3, -0.25) is 9.59 Å².